The molecule has 0 fully saturated rings. The number of benzene rings is 1. The first-order valence-electron chi connectivity index (χ1n) is 9.13. The van der Waals surface area contributed by atoms with E-state index in [-0.39, 0.29) is 17.4 Å². The van der Waals surface area contributed by atoms with Gasteiger partial charge in [-0.25, -0.2) is 4.98 Å². The van der Waals surface area contributed by atoms with Crippen LogP contribution >= 0.6 is 0 Å². The predicted octanol–water partition coefficient (Wildman–Crippen LogP) is 3.51. The highest BCUT2D eigenvalue weighted by atomic mass is 16.5. The van der Waals surface area contributed by atoms with Gasteiger partial charge in [-0.2, -0.15) is 0 Å². The minimum Gasteiger partial charge on any atom is -0.492 e. The van der Waals surface area contributed by atoms with Gasteiger partial charge in [0, 0.05) is 11.7 Å². The molecule has 2 N–H and O–H groups in total. The summed E-state index contributed by atoms with van der Waals surface area (Å²) in [5.74, 6) is -0.0565. The zero-order valence-corrected chi connectivity index (χ0v) is 16.4. The number of imidazole rings is 1. The summed E-state index contributed by atoms with van der Waals surface area (Å²) in [6.45, 7) is 8.03. The monoisotopic (exact) mass is 380 g/mol. The van der Waals surface area contributed by atoms with Gasteiger partial charge in [-0.1, -0.05) is 18.2 Å². The van der Waals surface area contributed by atoms with Crippen molar-refractivity contribution in [2.75, 3.05) is 11.9 Å². The molecule has 7 nitrogen and oxygen atoms in total. The Morgan fingerprint density at radius 1 is 1.07 bits per heavy atom. The summed E-state index contributed by atoms with van der Waals surface area (Å²) < 4.78 is 7.16. The Hall–Kier alpha value is -3.35. The van der Waals surface area contributed by atoms with Crippen LogP contribution in [0, 0.1) is 0 Å². The summed E-state index contributed by atoms with van der Waals surface area (Å²) in [4.78, 5) is 29.9. The number of hydrogen-bond acceptors (Lipinski definition) is 4. The number of rotatable bonds is 5. The van der Waals surface area contributed by atoms with Crippen LogP contribution < -0.4 is 15.4 Å². The molecule has 0 saturated carbocycles. The third kappa shape index (κ3) is 4.14. The summed E-state index contributed by atoms with van der Waals surface area (Å²) in [6, 6.07) is 12.5. The Bertz CT molecular complexity index is 1020. The summed E-state index contributed by atoms with van der Waals surface area (Å²) in [6.07, 6.45) is 1.71. The smallest absolute Gasteiger partial charge is 0.292 e. The van der Waals surface area contributed by atoms with Crippen LogP contribution in [0.15, 0.2) is 48.7 Å². The summed E-state index contributed by atoms with van der Waals surface area (Å²) in [7, 11) is 0. The van der Waals surface area contributed by atoms with Crippen molar-refractivity contribution in [3.63, 3.8) is 0 Å². The third-order valence-corrected chi connectivity index (χ3v) is 3.89. The average molecular weight is 380 g/mol. The van der Waals surface area contributed by atoms with E-state index in [4.69, 9.17) is 4.74 Å². The first-order valence-corrected chi connectivity index (χ1v) is 9.13. The van der Waals surface area contributed by atoms with Crippen LogP contribution in [0.1, 0.15) is 48.8 Å². The molecule has 0 spiro atoms. The Labute approximate surface area is 163 Å². The van der Waals surface area contributed by atoms with Gasteiger partial charge in [0.2, 0.25) is 5.82 Å². The third-order valence-electron chi connectivity index (χ3n) is 3.89. The first kappa shape index (κ1) is 19.4. The first-order chi connectivity index (χ1) is 13.3. The molecule has 0 bridgehead atoms. The quantitative estimate of drug-likeness (QED) is 0.709. The zero-order chi connectivity index (χ0) is 20.3. The van der Waals surface area contributed by atoms with Crippen LogP contribution in [-0.4, -0.2) is 33.3 Å². The fourth-order valence-electron chi connectivity index (χ4n) is 2.79. The second-order valence-electron chi connectivity index (χ2n) is 7.33. The number of pyridine rings is 1. The highest BCUT2D eigenvalue weighted by Gasteiger charge is 2.24. The molecule has 0 atom stereocenters. The molecule has 0 aliphatic heterocycles. The van der Waals surface area contributed by atoms with Crippen LogP contribution in [0.5, 0.6) is 5.75 Å². The second-order valence-corrected chi connectivity index (χ2v) is 7.33. The lowest BCUT2D eigenvalue weighted by Gasteiger charge is -2.19. The molecule has 0 saturated heterocycles. The standard InChI is InChI=1S/C21H24N4O3/c1-5-28-16-12-7-6-10-14(16)22-20(27)18-23-17(19(26)24-21(2,3)4)15-11-8-9-13-25(15)18/h6-13H,5H2,1-4H3,(H,22,27)(H,24,26). The summed E-state index contributed by atoms with van der Waals surface area (Å²) >= 11 is 0. The molecule has 0 aliphatic carbocycles. The van der Waals surface area contributed by atoms with Crippen molar-refractivity contribution in [2.45, 2.75) is 33.2 Å². The van der Waals surface area contributed by atoms with Crippen LogP contribution in [-0.2, 0) is 0 Å². The maximum Gasteiger partial charge on any atom is 0.292 e. The van der Waals surface area contributed by atoms with Crippen LogP contribution in [0.3, 0.4) is 0 Å². The SMILES string of the molecule is CCOc1ccccc1NC(=O)c1nc(C(=O)NC(C)(C)C)c2ccccn12. The highest BCUT2D eigenvalue weighted by molar-refractivity contribution is 6.06. The molecule has 3 aromatic rings. The van der Waals surface area contributed by atoms with Crippen LogP contribution in [0.4, 0.5) is 5.69 Å². The number of carbonyl (C=O) groups is 2. The molecule has 0 unspecified atom stereocenters. The van der Waals surface area contributed by atoms with E-state index in [1.807, 2.05) is 39.8 Å². The maximum absolute atomic E-state index is 12.9. The fourth-order valence-corrected chi connectivity index (χ4v) is 2.79. The number of para-hydroxylation sites is 2. The van der Waals surface area contributed by atoms with E-state index in [0.29, 0.717) is 23.6 Å². The number of fused-ring (bicyclic) bond motifs is 1. The van der Waals surface area contributed by atoms with Gasteiger partial charge in [0.25, 0.3) is 11.8 Å². The van der Waals surface area contributed by atoms with Crippen LogP contribution in [0.25, 0.3) is 5.52 Å². The predicted molar refractivity (Wildman–Crippen MR) is 108 cm³/mol. The van der Waals surface area contributed by atoms with Gasteiger partial charge in [0.15, 0.2) is 5.69 Å². The number of aromatic nitrogens is 2. The average Bonchev–Trinajstić information content (AvgIpc) is 3.02. The van der Waals surface area contributed by atoms with Crippen molar-refractivity contribution in [3.05, 3.63) is 60.2 Å². The lowest BCUT2D eigenvalue weighted by Crippen LogP contribution is -2.40. The molecule has 28 heavy (non-hydrogen) atoms. The fraction of sp³-hybridized carbons (Fsp3) is 0.286. The number of amides is 2. The van der Waals surface area contributed by atoms with Gasteiger partial charge in [0.1, 0.15) is 5.75 Å². The van der Waals surface area contributed by atoms with Gasteiger partial charge in [0.05, 0.1) is 17.8 Å². The number of ether oxygens (including phenoxy) is 1. The molecule has 146 valence electrons. The lowest BCUT2D eigenvalue weighted by molar-refractivity contribution is 0.0916. The minimum atomic E-state index is -0.428. The molecule has 1 aromatic carbocycles. The number of nitrogens with zero attached hydrogens (tertiary/aromatic N) is 2. The van der Waals surface area contributed by atoms with Crippen molar-refractivity contribution < 1.29 is 14.3 Å². The largest absolute Gasteiger partial charge is 0.492 e. The highest BCUT2D eigenvalue weighted by Crippen LogP contribution is 2.24. The Kier molecular flexibility index (Phi) is 5.35. The zero-order valence-electron chi connectivity index (χ0n) is 16.4. The molecular formula is C21H24N4O3. The molecule has 2 aromatic heterocycles. The van der Waals surface area contributed by atoms with Crippen molar-refractivity contribution in [2.24, 2.45) is 0 Å². The number of anilines is 1. The van der Waals surface area contributed by atoms with Gasteiger partial charge in [-0.15, -0.1) is 0 Å². The van der Waals surface area contributed by atoms with E-state index in [1.165, 1.54) is 0 Å². The van der Waals surface area contributed by atoms with Crippen molar-refractivity contribution in [3.8, 4) is 5.75 Å². The minimum absolute atomic E-state index is 0.126. The van der Waals surface area contributed by atoms with Gasteiger partial charge < -0.3 is 15.4 Å². The molecule has 0 aliphatic rings. The Morgan fingerprint density at radius 3 is 2.50 bits per heavy atom. The molecular weight excluding hydrogens is 356 g/mol. The Balaban J connectivity index is 1.97. The van der Waals surface area contributed by atoms with Crippen molar-refractivity contribution in [1.29, 1.82) is 0 Å². The van der Waals surface area contributed by atoms with Crippen molar-refractivity contribution >= 4 is 23.0 Å². The molecule has 7 heteroatoms. The Morgan fingerprint density at radius 2 is 1.79 bits per heavy atom. The van der Waals surface area contributed by atoms with E-state index in [1.54, 1.807) is 40.9 Å². The van der Waals surface area contributed by atoms with E-state index in [0.717, 1.165) is 0 Å². The topological polar surface area (TPSA) is 84.7 Å². The maximum atomic E-state index is 12.9. The van der Waals surface area contributed by atoms with Crippen molar-refractivity contribution in [1.82, 2.24) is 14.7 Å². The van der Waals surface area contributed by atoms with Gasteiger partial charge in [-0.3, -0.25) is 14.0 Å². The van der Waals surface area contributed by atoms with E-state index >= 15 is 0 Å². The van der Waals surface area contributed by atoms with E-state index < -0.39 is 11.4 Å². The van der Waals surface area contributed by atoms with E-state index in [9.17, 15) is 9.59 Å². The number of hydrogen-bond donors (Lipinski definition) is 2. The normalized spacial score (nSPS) is 11.3. The summed E-state index contributed by atoms with van der Waals surface area (Å²) in [5, 5.41) is 5.71. The van der Waals surface area contributed by atoms with E-state index in [2.05, 4.69) is 15.6 Å². The van der Waals surface area contributed by atoms with Gasteiger partial charge in [-0.05, 0) is 52.0 Å². The van der Waals surface area contributed by atoms with Crippen LogP contribution in [0.2, 0.25) is 0 Å². The molecule has 0 radical (unpaired) electrons. The lowest BCUT2D eigenvalue weighted by atomic mass is 10.1. The molecule has 2 heterocycles. The van der Waals surface area contributed by atoms with Gasteiger partial charge >= 0.3 is 0 Å². The molecule has 3 rings (SSSR count). The number of carbonyl (C=O) groups excluding carboxylic acids is 2. The molecule has 2 amide bonds. The number of nitrogens with one attached hydrogen (secondary N) is 2. The summed E-state index contributed by atoms with van der Waals surface area (Å²) in [5.41, 5.74) is 0.898. The second kappa shape index (κ2) is 7.72.